The Morgan fingerprint density at radius 3 is 2.36 bits per heavy atom. The lowest BCUT2D eigenvalue weighted by Crippen LogP contribution is -2.43. The van der Waals surface area contributed by atoms with Crippen LogP contribution < -0.4 is 15.5 Å². The predicted molar refractivity (Wildman–Crippen MR) is 119 cm³/mol. The first kappa shape index (κ1) is 21.7. The molecule has 6 heteroatoms. The fourth-order valence-corrected chi connectivity index (χ4v) is 3.36. The molecule has 0 saturated carbocycles. The Balaban J connectivity index is 2.03. The van der Waals surface area contributed by atoms with Gasteiger partial charge >= 0.3 is 0 Å². The zero-order chi connectivity index (χ0) is 20.4. The molecule has 1 unspecified atom stereocenters. The summed E-state index contributed by atoms with van der Waals surface area (Å²) in [5.74, 6) is 1.76. The first-order valence-electron chi connectivity index (χ1n) is 9.95. The van der Waals surface area contributed by atoms with Crippen molar-refractivity contribution < 1.29 is 0 Å². The molecule has 1 atom stereocenters. The van der Waals surface area contributed by atoms with E-state index in [4.69, 9.17) is 0 Å². The average molecular weight is 383 g/mol. The summed E-state index contributed by atoms with van der Waals surface area (Å²) >= 11 is 0. The Bertz CT molecular complexity index is 725. The van der Waals surface area contributed by atoms with Gasteiger partial charge in [0, 0.05) is 46.0 Å². The highest BCUT2D eigenvalue weighted by molar-refractivity contribution is 5.79. The summed E-state index contributed by atoms with van der Waals surface area (Å²) in [5, 5.41) is 6.92. The van der Waals surface area contributed by atoms with Crippen molar-refractivity contribution in [2.75, 3.05) is 45.7 Å². The third-order valence-corrected chi connectivity index (χ3v) is 4.86. The number of benzene rings is 1. The summed E-state index contributed by atoms with van der Waals surface area (Å²) in [5.41, 5.74) is 2.45. The molecule has 0 aliphatic heterocycles. The lowest BCUT2D eigenvalue weighted by Gasteiger charge is -2.31. The summed E-state index contributed by atoms with van der Waals surface area (Å²) < 4.78 is 0. The van der Waals surface area contributed by atoms with Gasteiger partial charge in [0.05, 0.1) is 6.04 Å². The maximum atomic E-state index is 4.46. The molecule has 0 aliphatic carbocycles. The van der Waals surface area contributed by atoms with Crippen molar-refractivity contribution in [3.8, 4) is 0 Å². The second-order valence-electron chi connectivity index (χ2n) is 6.83. The van der Waals surface area contributed by atoms with Gasteiger partial charge < -0.3 is 15.5 Å². The smallest absolute Gasteiger partial charge is 0.191 e. The van der Waals surface area contributed by atoms with Gasteiger partial charge in [-0.2, -0.15) is 0 Å². The van der Waals surface area contributed by atoms with Crippen LogP contribution in [0.1, 0.15) is 31.0 Å². The van der Waals surface area contributed by atoms with Crippen molar-refractivity contribution in [1.82, 2.24) is 20.5 Å². The Hall–Kier alpha value is -2.60. The number of nitrogens with zero attached hydrogens (tertiary/aromatic N) is 4. The maximum Gasteiger partial charge on any atom is 0.191 e. The summed E-state index contributed by atoms with van der Waals surface area (Å²) in [6, 6.07) is 15.0. The van der Waals surface area contributed by atoms with E-state index >= 15 is 0 Å². The number of nitrogens with one attached hydrogen (secondary N) is 2. The Kier molecular flexibility index (Phi) is 8.75. The first-order chi connectivity index (χ1) is 13.6. The number of rotatable bonds is 9. The van der Waals surface area contributed by atoms with E-state index in [2.05, 4.69) is 75.8 Å². The number of anilines is 1. The number of aliphatic imine (C=N–C) groups is 1. The highest BCUT2D eigenvalue weighted by Crippen LogP contribution is 2.19. The van der Waals surface area contributed by atoms with Gasteiger partial charge in [-0.1, -0.05) is 50.2 Å². The topological polar surface area (TPSA) is 55.8 Å². The van der Waals surface area contributed by atoms with E-state index in [-0.39, 0.29) is 0 Å². The lowest BCUT2D eigenvalue weighted by molar-refractivity contribution is 0.219. The van der Waals surface area contributed by atoms with Crippen LogP contribution in [0.2, 0.25) is 0 Å². The molecule has 2 N–H and O–H groups in total. The average Bonchev–Trinajstić information content (AvgIpc) is 2.73. The number of likely N-dealkylation sites (N-methyl/N-ethyl adjacent to an activating group) is 1. The van der Waals surface area contributed by atoms with Crippen molar-refractivity contribution in [2.45, 2.75) is 26.4 Å². The number of hydrogen-bond acceptors (Lipinski definition) is 4. The molecule has 2 aromatic rings. The molecular formula is C22H34N6. The molecule has 0 bridgehead atoms. The molecule has 0 amide bonds. The van der Waals surface area contributed by atoms with Crippen molar-refractivity contribution >= 4 is 11.8 Å². The minimum absolute atomic E-state index is 0.297. The van der Waals surface area contributed by atoms with Crippen LogP contribution in [0.4, 0.5) is 5.82 Å². The minimum Gasteiger partial charge on any atom is -0.362 e. The third-order valence-electron chi connectivity index (χ3n) is 4.86. The Morgan fingerprint density at radius 2 is 1.75 bits per heavy atom. The van der Waals surface area contributed by atoms with E-state index in [1.165, 1.54) is 5.56 Å². The van der Waals surface area contributed by atoms with E-state index < -0.39 is 0 Å². The van der Waals surface area contributed by atoms with Crippen molar-refractivity contribution in [1.29, 1.82) is 0 Å². The van der Waals surface area contributed by atoms with Crippen LogP contribution >= 0.6 is 0 Å². The molecule has 2 rings (SSSR count). The normalized spacial score (nSPS) is 12.7. The maximum absolute atomic E-state index is 4.46. The summed E-state index contributed by atoms with van der Waals surface area (Å²) in [6.07, 6.45) is 1.82. The van der Waals surface area contributed by atoms with Crippen LogP contribution in [0.3, 0.4) is 0 Å². The molecule has 1 aromatic heterocycles. The highest BCUT2D eigenvalue weighted by Gasteiger charge is 2.18. The lowest BCUT2D eigenvalue weighted by atomic mass is 10.1. The minimum atomic E-state index is 0.297. The van der Waals surface area contributed by atoms with Gasteiger partial charge in [0.15, 0.2) is 5.96 Å². The fraction of sp³-hybridized carbons (Fsp3) is 0.455. The molecule has 0 spiro atoms. The highest BCUT2D eigenvalue weighted by atomic mass is 15.2. The quantitative estimate of drug-likeness (QED) is 0.516. The predicted octanol–water partition coefficient (Wildman–Crippen LogP) is 2.90. The molecule has 1 aromatic carbocycles. The standard InChI is InChI=1S/C22H34N6/c1-6-28(7-2)20(18-12-9-8-10-13-18)17-26-22(23-3)25-16-19-14-11-15-24-21(19)27(4)5/h8-15,20H,6-7,16-17H2,1-5H3,(H2,23,25,26). The van der Waals surface area contributed by atoms with Crippen LogP contribution in [0.5, 0.6) is 0 Å². The zero-order valence-corrected chi connectivity index (χ0v) is 17.8. The van der Waals surface area contributed by atoms with Crippen LogP contribution in [-0.4, -0.2) is 56.6 Å². The molecule has 152 valence electrons. The van der Waals surface area contributed by atoms with Crippen molar-refractivity contribution in [3.63, 3.8) is 0 Å². The SMILES string of the molecule is CCN(CC)C(CNC(=NC)NCc1cccnc1N(C)C)c1ccccc1. The summed E-state index contributed by atoms with van der Waals surface area (Å²) in [7, 11) is 5.82. The van der Waals surface area contributed by atoms with Gasteiger partial charge in [0.25, 0.3) is 0 Å². The summed E-state index contributed by atoms with van der Waals surface area (Å²) in [4.78, 5) is 13.3. The van der Waals surface area contributed by atoms with E-state index in [1.54, 1.807) is 7.05 Å². The molecule has 28 heavy (non-hydrogen) atoms. The molecule has 0 saturated heterocycles. The van der Waals surface area contributed by atoms with Gasteiger partial charge in [0.1, 0.15) is 5.82 Å². The summed E-state index contributed by atoms with van der Waals surface area (Å²) in [6.45, 7) is 7.88. The van der Waals surface area contributed by atoms with Gasteiger partial charge in [0.2, 0.25) is 0 Å². The first-order valence-corrected chi connectivity index (χ1v) is 9.95. The molecule has 1 heterocycles. The Morgan fingerprint density at radius 1 is 1.04 bits per heavy atom. The van der Waals surface area contributed by atoms with Gasteiger partial charge in [-0.25, -0.2) is 4.98 Å². The zero-order valence-electron chi connectivity index (χ0n) is 17.8. The largest absolute Gasteiger partial charge is 0.362 e. The second-order valence-corrected chi connectivity index (χ2v) is 6.83. The second kappa shape index (κ2) is 11.3. The number of guanidine groups is 1. The van der Waals surface area contributed by atoms with Crippen LogP contribution in [0.15, 0.2) is 53.7 Å². The van der Waals surface area contributed by atoms with E-state index in [0.29, 0.717) is 12.6 Å². The van der Waals surface area contributed by atoms with Crippen molar-refractivity contribution in [3.05, 3.63) is 59.8 Å². The number of hydrogen-bond donors (Lipinski definition) is 2. The molecule has 0 fully saturated rings. The van der Waals surface area contributed by atoms with Crippen LogP contribution in [-0.2, 0) is 6.54 Å². The van der Waals surface area contributed by atoms with Crippen LogP contribution in [0.25, 0.3) is 0 Å². The van der Waals surface area contributed by atoms with Gasteiger partial charge in [-0.15, -0.1) is 0 Å². The van der Waals surface area contributed by atoms with E-state index in [9.17, 15) is 0 Å². The Labute approximate surface area is 169 Å². The van der Waals surface area contributed by atoms with Gasteiger partial charge in [-0.05, 0) is 24.7 Å². The molecular weight excluding hydrogens is 348 g/mol. The van der Waals surface area contributed by atoms with Gasteiger partial charge in [-0.3, -0.25) is 9.89 Å². The monoisotopic (exact) mass is 382 g/mol. The fourth-order valence-electron chi connectivity index (χ4n) is 3.36. The molecule has 6 nitrogen and oxygen atoms in total. The number of aromatic nitrogens is 1. The molecule has 0 aliphatic rings. The third kappa shape index (κ3) is 5.96. The van der Waals surface area contributed by atoms with E-state index in [1.807, 2.05) is 31.3 Å². The molecule has 0 radical (unpaired) electrons. The van der Waals surface area contributed by atoms with Crippen molar-refractivity contribution in [2.24, 2.45) is 4.99 Å². The van der Waals surface area contributed by atoms with E-state index in [0.717, 1.165) is 37.0 Å². The van der Waals surface area contributed by atoms with Crippen LogP contribution in [0, 0.1) is 0 Å². The number of pyridine rings is 1.